The van der Waals surface area contributed by atoms with Crippen molar-refractivity contribution in [2.75, 3.05) is 0 Å². The summed E-state index contributed by atoms with van der Waals surface area (Å²) in [6.45, 7) is 0. The van der Waals surface area contributed by atoms with Crippen molar-refractivity contribution < 1.29 is 0 Å². The first-order valence-electron chi connectivity index (χ1n) is 4.52. The van der Waals surface area contributed by atoms with E-state index in [1.54, 1.807) is 11.3 Å². The molecule has 1 aromatic rings. The van der Waals surface area contributed by atoms with E-state index in [2.05, 4.69) is 68.3 Å². The molecular formula is C12H6Br2S. The molecule has 0 saturated carbocycles. The minimum absolute atomic E-state index is 1.18. The Morgan fingerprint density at radius 2 is 1.67 bits per heavy atom. The standard InChI is InChI=1S/C12H6Br2S/c13-10-6-9-7-4-2-1-3-5-8(7)11(14)12(9)15-10/h1-6H. The molecule has 0 unspecified atom stereocenters. The molecule has 74 valence electrons. The lowest BCUT2D eigenvalue weighted by atomic mass is 10.1. The van der Waals surface area contributed by atoms with Gasteiger partial charge in [0.25, 0.3) is 0 Å². The quantitative estimate of drug-likeness (QED) is 0.504. The number of rotatable bonds is 0. The molecule has 1 aromatic heterocycles. The Bertz CT molecular complexity index is 612. The number of halogens is 2. The second-order valence-corrected chi connectivity index (χ2v) is 6.57. The number of hydrogen-bond acceptors (Lipinski definition) is 1. The van der Waals surface area contributed by atoms with Gasteiger partial charge in [0, 0.05) is 9.86 Å². The van der Waals surface area contributed by atoms with Gasteiger partial charge in [-0.05, 0) is 49.1 Å². The van der Waals surface area contributed by atoms with E-state index in [4.69, 9.17) is 0 Å². The predicted octanol–water partition coefficient (Wildman–Crippen LogP) is 5.53. The van der Waals surface area contributed by atoms with Gasteiger partial charge in [0.1, 0.15) is 0 Å². The summed E-state index contributed by atoms with van der Waals surface area (Å²) in [6.07, 6.45) is 0. The maximum Gasteiger partial charge on any atom is 0.0711 e. The molecule has 15 heavy (non-hydrogen) atoms. The average molecular weight is 342 g/mol. The van der Waals surface area contributed by atoms with Crippen molar-refractivity contribution in [3.63, 3.8) is 0 Å². The summed E-state index contributed by atoms with van der Waals surface area (Å²) in [7, 11) is 0. The van der Waals surface area contributed by atoms with Crippen molar-refractivity contribution >= 4 is 53.3 Å². The summed E-state index contributed by atoms with van der Waals surface area (Å²) in [5.41, 5.74) is 2.59. The van der Waals surface area contributed by atoms with Crippen molar-refractivity contribution in [3.8, 4) is 11.1 Å². The summed E-state index contributed by atoms with van der Waals surface area (Å²) in [5.74, 6) is 0. The Balaban J connectivity index is 2.55. The van der Waals surface area contributed by atoms with Crippen LogP contribution in [0.1, 0.15) is 0 Å². The number of thiophene rings is 1. The van der Waals surface area contributed by atoms with Gasteiger partial charge >= 0.3 is 0 Å². The van der Waals surface area contributed by atoms with Gasteiger partial charge in [-0.25, -0.2) is 0 Å². The van der Waals surface area contributed by atoms with Crippen LogP contribution in [-0.4, -0.2) is 0 Å². The van der Waals surface area contributed by atoms with Crippen molar-refractivity contribution in [1.82, 2.24) is 0 Å². The molecule has 0 aromatic carbocycles. The topological polar surface area (TPSA) is 0 Å². The van der Waals surface area contributed by atoms with E-state index in [1.807, 2.05) is 0 Å². The van der Waals surface area contributed by atoms with Crippen LogP contribution in [0.4, 0.5) is 0 Å². The minimum atomic E-state index is 1.18. The zero-order valence-electron chi connectivity index (χ0n) is 7.63. The Labute approximate surface area is 109 Å². The molecule has 0 amide bonds. The van der Waals surface area contributed by atoms with Crippen molar-refractivity contribution in [2.24, 2.45) is 0 Å². The maximum atomic E-state index is 3.68. The van der Waals surface area contributed by atoms with E-state index >= 15 is 0 Å². The second kappa shape index (κ2) is 3.58. The van der Waals surface area contributed by atoms with Crippen LogP contribution in [-0.2, 0) is 0 Å². The van der Waals surface area contributed by atoms with E-state index in [-0.39, 0.29) is 0 Å². The van der Waals surface area contributed by atoms with Crippen molar-refractivity contribution in [3.05, 3.63) is 44.7 Å². The molecule has 0 fully saturated rings. The highest BCUT2D eigenvalue weighted by Crippen LogP contribution is 2.46. The fraction of sp³-hybridized carbons (Fsp3) is 0. The molecule has 0 N–H and O–H groups in total. The van der Waals surface area contributed by atoms with E-state index in [0.717, 1.165) is 0 Å². The van der Waals surface area contributed by atoms with Crippen molar-refractivity contribution in [2.45, 2.75) is 0 Å². The monoisotopic (exact) mass is 340 g/mol. The normalized spacial score (nSPS) is 11.3. The third-order valence-electron chi connectivity index (χ3n) is 2.47. The zero-order chi connectivity index (χ0) is 10.4. The smallest absolute Gasteiger partial charge is 0.0711 e. The summed E-state index contributed by atoms with van der Waals surface area (Å²) >= 11 is 8.98. The third kappa shape index (κ3) is 1.45. The van der Waals surface area contributed by atoms with E-state index in [0.29, 0.717) is 0 Å². The molecule has 0 radical (unpaired) electrons. The number of fused-ring (bicyclic) bond motifs is 3. The molecular weight excluding hydrogens is 336 g/mol. The van der Waals surface area contributed by atoms with Crippen LogP contribution < -0.4 is 0 Å². The van der Waals surface area contributed by atoms with Crippen molar-refractivity contribution in [1.29, 1.82) is 0 Å². The Kier molecular flexibility index (Phi) is 2.34. The summed E-state index contributed by atoms with van der Waals surface area (Å²) in [4.78, 5) is 0. The maximum absolute atomic E-state index is 3.68. The van der Waals surface area contributed by atoms with Gasteiger partial charge in [-0.15, -0.1) is 11.3 Å². The lowest BCUT2D eigenvalue weighted by Gasteiger charge is -1.92. The number of hydrogen-bond donors (Lipinski definition) is 0. The Morgan fingerprint density at radius 3 is 2.47 bits per heavy atom. The molecule has 0 nitrogen and oxygen atoms in total. The first-order chi connectivity index (χ1) is 7.27. The fourth-order valence-electron chi connectivity index (χ4n) is 1.82. The summed E-state index contributed by atoms with van der Waals surface area (Å²) < 4.78 is 3.71. The zero-order valence-corrected chi connectivity index (χ0v) is 11.6. The average Bonchev–Trinajstić information content (AvgIpc) is 2.59. The summed E-state index contributed by atoms with van der Waals surface area (Å²) in [5, 5.41) is 1.32. The van der Waals surface area contributed by atoms with Crippen LogP contribution in [0.2, 0.25) is 0 Å². The van der Waals surface area contributed by atoms with E-state index in [9.17, 15) is 0 Å². The van der Waals surface area contributed by atoms with Gasteiger partial charge in [-0.1, -0.05) is 30.3 Å². The van der Waals surface area contributed by atoms with Gasteiger partial charge in [0.2, 0.25) is 0 Å². The molecule has 1 heterocycles. The van der Waals surface area contributed by atoms with Gasteiger partial charge in [0.05, 0.1) is 8.49 Å². The van der Waals surface area contributed by atoms with Crippen LogP contribution in [0, 0.1) is 0 Å². The molecule has 0 saturated heterocycles. The predicted molar refractivity (Wildman–Crippen MR) is 73.8 cm³/mol. The first-order valence-corrected chi connectivity index (χ1v) is 6.93. The lowest BCUT2D eigenvalue weighted by molar-refractivity contribution is 1.81. The lowest BCUT2D eigenvalue weighted by Crippen LogP contribution is -1.66. The Morgan fingerprint density at radius 1 is 0.933 bits per heavy atom. The van der Waals surface area contributed by atoms with Crippen LogP contribution >= 0.6 is 43.2 Å². The van der Waals surface area contributed by atoms with Gasteiger partial charge in [-0.3, -0.25) is 0 Å². The molecule has 0 atom stereocenters. The SMILES string of the molecule is Brc1cc2c3cccccc-3c(Br)c2s1. The van der Waals surface area contributed by atoms with Gasteiger partial charge < -0.3 is 0 Å². The van der Waals surface area contributed by atoms with E-state index < -0.39 is 0 Å². The highest BCUT2D eigenvalue weighted by atomic mass is 79.9. The largest absolute Gasteiger partial charge is 0.127 e. The fourth-order valence-corrected chi connectivity index (χ4v) is 4.19. The Hall–Kier alpha value is -0.380. The molecule has 2 aliphatic carbocycles. The minimum Gasteiger partial charge on any atom is -0.127 e. The van der Waals surface area contributed by atoms with Gasteiger partial charge in [-0.2, -0.15) is 0 Å². The van der Waals surface area contributed by atoms with Gasteiger partial charge in [0.15, 0.2) is 0 Å². The molecule has 0 spiro atoms. The highest BCUT2D eigenvalue weighted by Gasteiger charge is 2.16. The first kappa shape index (κ1) is 9.82. The second-order valence-electron chi connectivity index (χ2n) is 3.35. The van der Waals surface area contributed by atoms with Crippen LogP contribution in [0.25, 0.3) is 21.2 Å². The van der Waals surface area contributed by atoms with Crippen LogP contribution in [0.15, 0.2) is 44.7 Å². The molecule has 0 aliphatic heterocycles. The highest BCUT2D eigenvalue weighted by molar-refractivity contribution is 9.11. The molecule has 2 aliphatic rings. The third-order valence-corrected chi connectivity index (χ3v) is 5.21. The molecule has 0 bridgehead atoms. The van der Waals surface area contributed by atoms with E-state index in [1.165, 1.54) is 29.5 Å². The van der Waals surface area contributed by atoms with Crippen LogP contribution in [0.5, 0.6) is 0 Å². The summed E-state index contributed by atoms with van der Waals surface area (Å²) in [6, 6.07) is 12.7. The molecule has 3 rings (SSSR count). The molecule has 3 heteroatoms. The van der Waals surface area contributed by atoms with Crippen LogP contribution in [0.3, 0.4) is 0 Å².